The summed E-state index contributed by atoms with van der Waals surface area (Å²) in [5, 5.41) is 8.75. The number of carbonyl (C=O) groups excluding carboxylic acids is 1. The molecule has 0 spiro atoms. The van der Waals surface area contributed by atoms with E-state index in [1.165, 1.54) is 19.3 Å². The predicted molar refractivity (Wildman–Crippen MR) is 75.8 cm³/mol. The van der Waals surface area contributed by atoms with E-state index in [2.05, 4.69) is 19.9 Å². The summed E-state index contributed by atoms with van der Waals surface area (Å²) >= 11 is 0. The molecule has 0 aliphatic heterocycles. The summed E-state index contributed by atoms with van der Waals surface area (Å²) in [4.78, 5) is 12.3. The second-order valence-corrected chi connectivity index (χ2v) is 5.68. The lowest BCUT2D eigenvalue weighted by atomic mass is 9.86. The van der Waals surface area contributed by atoms with Gasteiger partial charge in [-0.3, -0.25) is 4.79 Å². The summed E-state index contributed by atoms with van der Waals surface area (Å²) in [5.41, 5.74) is 1.35. The first-order valence-electron chi connectivity index (χ1n) is 7.19. The maximum Gasteiger partial charge on any atom is 0.163 e. The maximum absolute atomic E-state index is 12.3. The smallest absolute Gasteiger partial charge is 0.163 e. The Morgan fingerprint density at radius 3 is 2.42 bits per heavy atom. The number of ketones is 1. The fraction of sp³-hybridized carbons (Fsp3) is 0.529. The van der Waals surface area contributed by atoms with Gasteiger partial charge < -0.3 is 0 Å². The van der Waals surface area contributed by atoms with Crippen LogP contribution in [0, 0.1) is 29.1 Å². The van der Waals surface area contributed by atoms with Crippen molar-refractivity contribution in [3.8, 4) is 6.07 Å². The van der Waals surface area contributed by atoms with Gasteiger partial charge in [-0.1, -0.05) is 32.4 Å². The van der Waals surface area contributed by atoms with E-state index in [0.29, 0.717) is 23.8 Å². The van der Waals surface area contributed by atoms with Crippen LogP contribution in [0.5, 0.6) is 0 Å². The molecule has 0 bridgehead atoms. The Kier molecular flexibility index (Phi) is 4.37. The molecule has 1 fully saturated rings. The Hall–Kier alpha value is -1.62. The minimum atomic E-state index is 0.220. The molecule has 0 heterocycles. The average molecular weight is 255 g/mol. The van der Waals surface area contributed by atoms with Crippen molar-refractivity contribution in [2.24, 2.45) is 17.8 Å². The zero-order valence-corrected chi connectivity index (χ0v) is 11.7. The quantitative estimate of drug-likeness (QED) is 0.756. The van der Waals surface area contributed by atoms with Crippen molar-refractivity contribution in [3.63, 3.8) is 0 Å². The molecule has 0 saturated heterocycles. The molecule has 2 nitrogen and oxygen atoms in total. The molecule has 0 amide bonds. The molecule has 1 aromatic rings. The predicted octanol–water partition coefficient (Wildman–Crippen LogP) is 4.20. The Labute approximate surface area is 115 Å². The van der Waals surface area contributed by atoms with E-state index in [1.807, 2.05) is 0 Å². The van der Waals surface area contributed by atoms with Crippen molar-refractivity contribution in [1.82, 2.24) is 0 Å². The number of hydrogen-bond donors (Lipinski definition) is 0. The highest BCUT2D eigenvalue weighted by Crippen LogP contribution is 2.40. The van der Waals surface area contributed by atoms with Crippen LogP contribution in [0.2, 0.25) is 0 Å². The van der Waals surface area contributed by atoms with Gasteiger partial charge in [-0.2, -0.15) is 5.26 Å². The van der Waals surface area contributed by atoms with Gasteiger partial charge in [0.15, 0.2) is 5.78 Å². The molecule has 1 aromatic carbocycles. The van der Waals surface area contributed by atoms with Crippen LogP contribution in [0.15, 0.2) is 24.3 Å². The van der Waals surface area contributed by atoms with Crippen molar-refractivity contribution in [2.45, 2.75) is 39.5 Å². The average Bonchev–Trinajstić information content (AvgIpc) is 2.79. The second-order valence-electron chi connectivity index (χ2n) is 5.68. The lowest BCUT2D eigenvalue weighted by Gasteiger charge is -2.19. The van der Waals surface area contributed by atoms with Gasteiger partial charge >= 0.3 is 0 Å². The van der Waals surface area contributed by atoms with Crippen molar-refractivity contribution < 1.29 is 4.79 Å². The normalized spacial score (nSPS) is 26.1. The molecule has 1 aliphatic carbocycles. The molecule has 100 valence electrons. The molecule has 0 aromatic heterocycles. The van der Waals surface area contributed by atoms with E-state index in [-0.39, 0.29) is 5.78 Å². The van der Waals surface area contributed by atoms with Gasteiger partial charge in [0.2, 0.25) is 0 Å². The van der Waals surface area contributed by atoms with E-state index in [0.717, 1.165) is 11.5 Å². The lowest BCUT2D eigenvalue weighted by molar-refractivity contribution is 0.0949. The van der Waals surface area contributed by atoms with Crippen LogP contribution in [0.1, 0.15) is 55.5 Å². The largest absolute Gasteiger partial charge is 0.294 e. The van der Waals surface area contributed by atoms with Gasteiger partial charge in [0.25, 0.3) is 0 Å². The molecule has 19 heavy (non-hydrogen) atoms. The molecule has 1 saturated carbocycles. The highest BCUT2D eigenvalue weighted by Gasteiger charge is 2.32. The van der Waals surface area contributed by atoms with E-state index in [4.69, 9.17) is 5.26 Å². The summed E-state index contributed by atoms with van der Waals surface area (Å²) in [7, 11) is 0. The third-order valence-corrected chi connectivity index (χ3v) is 4.70. The van der Waals surface area contributed by atoms with Crippen molar-refractivity contribution >= 4 is 5.78 Å². The maximum atomic E-state index is 12.3. The standard InChI is InChI=1S/C17H21NO/c1-3-14-8-9-16(12(14)2)10-17(19)15-6-4-13(11-18)5-7-15/h4-7,12,14,16H,3,8-10H2,1-2H3. The van der Waals surface area contributed by atoms with Gasteiger partial charge in [0.05, 0.1) is 11.6 Å². The Morgan fingerprint density at radius 2 is 1.89 bits per heavy atom. The fourth-order valence-electron chi connectivity index (χ4n) is 3.29. The zero-order valence-electron chi connectivity index (χ0n) is 11.7. The summed E-state index contributed by atoms with van der Waals surface area (Å²) in [6.07, 6.45) is 4.33. The third-order valence-electron chi connectivity index (χ3n) is 4.70. The van der Waals surface area contributed by atoms with Crippen LogP contribution in [-0.4, -0.2) is 5.78 Å². The van der Waals surface area contributed by atoms with Crippen molar-refractivity contribution in [1.29, 1.82) is 5.26 Å². The molecule has 2 heteroatoms. The van der Waals surface area contributed by atoms with Gasteiger partial charge in [0, 0.05) is 12.0 Å². The number of benzene rings is 1. The number of Topliss-reactive ketones (excluding diaryl/α,β-unsaturated/α-hetero) is 1. The van der Waals surface area contributed by atoms with Crippen LogP contribution in [0.4, 0.5) is 0 Å². The number of nitrogens with zero attached hydrogens (tertiary/aromatic N) is 1. The van der Waals surface area contributed by atoms with E-state index < -0.39 is 0 Å². The first kappa shape index (κ1) is 13.8. The first-order valence-corrected chi connectivity index (χ1v) is 7.19. The van der Waals surface area contributed by atoms with Gasteiger partial charge in [-0.25, -0.2) is 0 Å². The van der Waals surface area contributed by atoms with Crippen molar-refractivity contribution in [3.05, 3.63) is 35.4 Å². The molecule has 3 unspecified atom stereocenters. The van der Waals surface area contributed by atoms with Gasteiger partial charge in [0.1, 0.15) is 0 Å². The molecular weight excluding hydrogens is 234 g/mol. The molecule has 3 atom stereocenters. The topological polar surface area (TPSA) is 40.9 Å². The van der Waals surface area contributed by atoms with Crippen LogP contribution in [-0.2, 0) is 0 Å². The molecule has 0 radical (unpaired) electrons. The zero-order chi connectivity index (χ0) is 13.8. The monoisotopic (exact) mass is 255 g/mol. The molecule has 0 N–H and O–H groups in total. The summed E-state index contributed by atoms with van der Waals surface area (Å²) < 4.78 is 0. The minimum absolute atomic E-state index is 0.220. The Balaban J connectivity index is 1.99. The minimum Gasteiger partial charge on any atom is -0.294 e. The first-order chi connectivity index (χ1) is 9.15. The summed E-state index contributed by atoms with van der Waals surface area (Å²) in [6.45, 7) is 4.53. The number of nitriles is 1. The Morgan fingerprint density at radius 1 is 1.26 bits per heavy atom. The number of carbonyl (C=O) groups is 1. The van der Waals surface area contributed by atoms with Gasteiger partial charge in [-0.05, 0) is 42.7 Å². The second kappa shape index (κ2) is 6.02. The summed E-state index contributed by atoms with van der Waals surface area (Å²) in [5.74, 6) is 2.21. The van der Waals surface area contributed by atoms with Crippen LogP contribution in [0.3, 0.4) is 0 Å². The lowest BCUT2D eigenvalue weighted by Crippen LogP contribution is -2.15. The Bertz CT molecular complexity index is 483. The summed E-state index contributed by atoms with van der Waals surface area (Å²) in [6, 6.07) is 9.07. The highest BCUT2D eigenvalue weighted by atomic mass is 16.1. The molecule has 1 aliphatic rings. The van der Waals surface area contributed by atoms with Gasteiger partial charge in [-0.15, -0.1) is 0 Å². The number of rotatable bonds is 4. The van der Waals surface area contributed by atoms with Crippen LogP contribution in [0.25, 0.3) is 0 Å². The third kappa shape index (κ3) is 3.04. The van der Waals surface area contributed by atoms with Crippen LogP contribution >= 0.6 is 0 Å². The number of hydrogen-bond acceptors (Lipinski definition) is 2. The SMILES string of the molecule is CCC1CCC(CC(=O)c2ccc(C#N)cc2)C1C. The van der Waals surface area contributed by atoms with Crippen molar-refractivity contribution in [2.75, 3.05) is 0 Å². The van der Waals surface area contributed by atoms with E-state index in [1.54, 1.807) is 24.3 Å². The highest BCUT2D eigenvalue weighted by molar-refractivity contribution is 5.96. The van der Waals surface area contributed by atoms with E-state index in [9.17, 15) is 4.79 Å². The molecule has 2 rings (SSSR count). The van der Waals surface area contributed by atoms with Crippen LogP contribution < -0.4 is 0 Å². The fourth-order valence-corrected chi connectivity index (χ4v) is 3.29. The molecular formula is C17H21NO. The van der Waals surface area contributed by atoms with E-state index >= 15 is 0 Å².